The molecule has 2 aromatic rings. The van der Waals surface area contributed by atoms with Crippen LogP contribution in [0.4, 0.5) is 4.39 Å². The van der Waals surface area contributed by atoms with E-state index in [4.69, 9.17) is 11.6 Å². The molecule has 0 N–H and O–H groups in total. The maximum absolute atomic E-state index is 14.0. The standard InChI is InChI=1S/C19H20ClFN2/c1-2-3-4-5-15-6-9-17(19(21)12-15)14-23-22-13-16-7-10-18(20)11-8-16/h6-14H,2-5H2,1H3. The Morgan fingerprint density at radius 1 is 1.00 bits per heavy atom. The highest BCUT2D eigenvalue weighted by molar-refractivity contribution is 6.30. The number of hydrogen-bond donors (Lipinski definition) is 0. The number of hydrogen-bond acceptors (Lipinski definition) is 2. The molecule has 0 heterocycles. The van der Waals surface area contributed by atoms with E-state index < -0.39 is 0 Å². The molecular formula is C19H20ClFN2. The second-order valence-electron chi connectivity index (χ2n) is 5.35. The van der Waals surface area contributed by atoms with E-state index >= 15 is 0 Å². The summed E-state index contributed by atoms with van der Waals surface area (Å²) >= 11 is 5.81. The summed E-state index contributed by atoms with van der Waals surface area (Å²) in [7, 11) is 0. The fraction of sp³-hybridized carbons (Fsp3) is 0.263. The van der Waals surface area contributed by atoms with Gasteiger partial charge >= 0.3 is 0 Å². The van der Waals surface area contributed by atoms with Crippen LogP contribution in [0.1, 0.15) is 42.9 Å². The van der Waals surface area contributed by atoms with E-state index in [9.17, 15) is 4.39 Å². The molecule has 0 bridgehead atoms. The Balaban J connectivity index is 1.95. The zero-order chi connectivity index (χ0) is 16.5. The zero-order valence-electron chi connectivity index (χ0n) is 13.2. The van der Waals surface area contributed by atoms with Gasteiger partial charge in [0.1, 0.15) is 5.82 Å². The van der Waals surface area contributed by atoms with Crippen molar-refractivity contribution in [3.8, 4) is 0 Å². The molecule has 0 aromatic heterocycles. The fourth-order valence-corrected chi connectivity index (χ4v) is 2.28. The van der Waals surface area contributed by atoms with Crippen molar-refractivity contribution in [3.05, 3.63) is 70.0 Å². The molecule has 2 nitrogen and oxygen atoms in total. The van der Waals surface area contributed by atoms with Crippen molar-refractivity contribution >= 4 is 24.0 Å². The molecule has 120 valence electrons. The number of benzene rings is 2. The smallest absolute Gasteiger partial charge is 0.132 e. The van der Waals surface area contributed by atoms with Crippen LogP contribution in [0.5, 0.6) is 0 Å². The van der Waals surface area contributed by atoms with Crippen LogP contribution >= 0.6 is 11.6 Å². The van der Waals surface area contributed by atoms with E-state index in [0.29, 0.717) is 10.6 Å². The predicted octanol–water partition coefficient (Wildman–Crippen LogP) is 5.66. The summed E-state index contributed by atoms with van der Waals surface area (Å²) in [6.45, 7) is 2.16. The number of unbranched alkanes of at least 4 members (excludes halogenated alkanes) is 2. The zero-order valence-corrected chi connectivity index (χ0v) is 13.9. The van der Waals surface area contributed by atoms with Gasteiger partial charge in [-0.05, 0) is 42.2 Å². The lowest BCUT2D eigenvalue weighted by Crippen LogP contribution is -1.92. The summed E-state index contributed by atoms with van der Waals surface area (Å²) in [6.07, 6.45) is 7.37. The summed E-state index contributed by atoms with van der Waals surface area (Å²) in [6, 6.07) is 12.5. The highest BCUT2D eigenvalue weighted by atomic mass is 35.5. The molecule has 0 spiro atoms. The molecule has 0 atom stereocenters. The molecule has 4 heteroatoms. The second kappa shape index (κ2) is 9.21. The molecule has 0 aliphatic rings. The molecular weight excluding hydrogens is 311 g/mol. The molecule has 0 unspecified atom stereocenters. The lowest BCUT2D eigenvalue weighted by molar-refractivity contribution is 0.621. The third kappa shape index (κ3) is 5.95. The minimum Gasteiger partial charge on any atom is -0.206 e. The summed E-state index contributed by atoms with van der Waals surface area (Å²) in [5.41, 5.74) is 2.36. The topological polar surface area (TPSA) is 24.7 Å². The molecule has 0 saturated heterocycles. The number of aryl methyl sites for hydroxylation is 1. The van der Waals surface area contributed by atoms with Gasteiger partial charge in [-0.3, -0.25) is 0 Å². The van der Waals surface area contributed by atoms with Crippen molar-refractivity contribution in [1.29, 1.82) is 0 Å². The van der Waals surface area contributed by atoms with Gasteiger partial charge in [0.05, 0.1) is 12.4 Å². The van der Waals surface area contributed by atoms with E-state index in [0.717, 1.165) is 24.0 Å². The lowest BCUT2D eigenvalue weighted by Gasteiger charge is -2.02. The third-order valence-corrected chi connectivity index (χ3v) is 3.73. The Hall–Kier alpha value is -2.00. The van der Waals surface area contributed by atoms with Crippen LogP contribution in [-0.2, 0) is 6.42 Å². The van der Waals surface area contributed by atoms with Gasteiger partial charge in [-0.15, -0.1) is 0 Å². The highest BCUT2D eigenvalue weighted by Gasteiger charge is 2.01. The summed E-state index contributed by atoms with van der Waals surface area (Å²) in [4.78, 5) is 0. The van der Waals surface area contributed by atoms with Crippen molar-refractivity contribution in [1.82, 2.24) is 0 Å². The van der Waals surface area contributed by atoms with E-state index in [1.807, 2.05) is 18.2 Å². The third-order valence-electron chi connectivity index (χ3n) is 3.47. The minimum atomic E-state index is -0.260. The number of halogens is 2. The first kappa shape index (κ1) is 17.4. The largest absolute Gasteiger partial charge is 0.206 e. The normalized spacial score (nSPS) is 11.6. The molecule has 0 aliphatic heterocycles. The Kier molecular flexibility index (Phi) is 6.95. The second-order valence-corrected chi connectivity index (χ2v) is 5.79. The quantitative estimate of drug-likeness (QED) is 0.355. The van der Waals surface area contributed by atoms with E-state index in [2.05, 4.69) is 17.1 Å². The first-order valence-corrected chi connectivity index (χ1v) is 8.17. The van der Waals surface area contributed by atoms with Crippen LogP contribution in [0.3, 0.4) is 0 Å². The van der Waals surface area contributed by atoms with Crippen LogP contribution in [-0.4, -0.2) is 12.4 Å². The molecule has 2 aromatic carbocycles. The van der Waals surface area contributed by atoms with Crippen LogP contribution in [0.25, 0.3) is 0 Å². The van der Waals surface area contributed by atoms with Gasteiger partial charge in [0.15, 0.2) is 0 Å². The van der Waals surface area contributed by atoms with Crippen molar-refractivity contribution in [2.45, 2.75) is 32.6 Å². The van der Waals surface area contributed by atoms with E-state index in [1.165, 1.54) is 19.1 Å². The van der Waals surface area contributed by atoms with Gasteiger partial charge in [-0.1, -0.05) is 55.6 Å². The predicted molar refractivity (Wildman–Crippen MR) is 96.3 cm³/mol. The molecule has 0 aliphatic carbocycles. The maximum atomic E-state index is 14.0. The van der Waals surface area contributed by atoms with Crippen LogP contribution < -0.4 is 0 Å². The Morgan fingerprint density at radius 3 is 2.43 bits per heavy atom. The molecule has 2 rings (SSSR count). The molecule has 0 amide bonds. The summed E-state index contributed by atoms with van der Waals surface area (Å²) in [5.74, 6) is -0.260. The van der Waals surface area contributed by atoms with Crippen LogP contribution in [0, 0.1) is 5.82 Å². The minimum absolute atomic E-state index is 0.260. The molecule has 0 fully saturated rings. The highest BCUT2D eigenvalue weighted by Crippen LogP contribution is 2.12. The first-order valence-electron chi connectivity index (χ1n) is 7.79. The van der Waals surface area contributed by atoms with Crippen molar-refractivity contribution in [3.63, 3.8) is 0 Å². The number of rotatable bonds is 7. The van der Waals surface area contributed by atoms with Crippen molar-refractivity contribution < 1.29 is 4.39 Å². The lowest BCUT2D eigenvalue weighted by atomic mass is 10.1. The monoisotopic (exact) mass is 330 g/mol. The molecule has 0 radical (unpaired) electrons. The SMILES string of the molecule is CCCCCc1ccc(C=NN=Cc2ccc(Cl)cc2)c(F)c1. The average Bonchev–Trinajstić information content (AvgIpc) is 2.55. The average molecular weight is 331 g/mol. The van der Waals surface area contributed by atoms with E-state index in [1.54, 1.807) is 30.5 Å². The van der Waals surface area contributed by atoms with Gasteiger partial charge in [-0.25, -0.2) is 4.39 Å². The van der Waals surface area contributed by atoms with Crippen molar-refractivity contribution in [2.75, 3.05) is 0 Å². The van der Waals surface area contributed by atoms with Gasteiger partial charge in [0.2, 0.25) is 0 Å². The Bertz CT molecular complexity index is 678. The fourth-order valence-electron chi connectivity index (χ4n) is 2.15. The Morgan fingerprint density at radius 2 is 1.74 bits per heavy atom. The van der Waals surface area contributed by atoms with Gasteiger partial charge in [0, 0.05) is 10.6 Å². The summed E-state index contributed by atoms with van der Waals surface area (Å²) in [5, 5.41) is 8.50. The molecule has 0 saturated carbocycles. The number of nitrogens with zero attached hydrogens (tertiary/aromatic N) is 2. The van der Waals surface area contributed by atoms with Gasteiger partial charge < -0.3 is 0 Å². The van der Waals surface area contributed by atoms with Gasteiger partial charge in [-0.2, -0.15) is 10.2 Å². The van der Waals surface area contributed by atoms with Crippen LogP contribution in [0.15, 0.2) is 52.7 Å². The van der Waals surface area contributed by atoms with Crippen LogP contribution in [0.2, 0.25) is 5.02 Å². The summed E-state index contributed by atoms with van der Waals surface area (Å²) < 4.78 is 14.0. The molecule has 23 heavy (non-hydrogen) atoms. The Labute approximate surface area is 141 Å². The first-order chi connectivity index (χ1) is 11.2. The van der Waals surface area contributed by atoms with Gasteiger partial charge in [0.25, 0.3) is 0 Å². The maximum Gasteiger partial charge on any atom is 0.132 e. The van der Waals surface area contributed by atoms with E-state index in [-0.39, 0.29) is 5.82 Å². The van der Waals surface area contributed by atoms with Crippen molar-refractivity contribution in [2.24, 2.45) is 10.2 Å².